The van der Waals surface area contributed by atoms with Gasteiger partial charge in [-0.15, -0.1) is 0 Å². The number of halogens is 2. The molecule has 0 aliphatic rings. The van der Waals surface area contributed by atoms with Crippen LogP contribution in [0.3, 0.4) is 0 Å². The number of aromatic amines is 1. The van der Waals surface area contributed by atoms with Gasteiger partial charge >= 0.3 is 0 Å². The molecule has 21 heavy (non-hydrogen) atoms. The monoisotopic (exact) mass is 306 g/mol. The molecule has 2 heterocycles. The van der Waals surface area contributed by atoms with E-state index in [9.17, 15) is 14.5 Å². The summed E-state index contributed by atoms with van der Waals surface area (Å²) >= 11 is 6.06. The van der Waals surface area contributed by atoms with E-state index in [2.05, 4.69) is 15.3 Å². The Morgan fingerprint density at radius 3 is 2.86 bits per heavy atom. The number of pyridine rings is 1. The SMILES string of the molecule is O=[N+]([O-])c1ccc(Nc2ccnc3[nH]cc(Cl)c23)c(F)c1. The summed E-state index contributed by atoms with van der Waals surface area (Å²) in [7, 11) is 0. The lowest BCUT2D eigenvalue weighted by Crippen LogP contribution is -1.96. The maximum atomic E-state index is 13.9. The Morgan fingerprint density at radius 1 is 1.33 bits per heavy atom. The quantitative estimate of drug-likeness (QED) is 0.565. The molecule has 0 unspecified atom stereocenters. The Labute approximate surface area is 122 Å². The van der Waals surface area contributed by atoms with Gasteiger partial charge in [0.25, 0.3) is 5.69 Å². The van der Waals surface area contributed by atoms with E-state index in [4.69, 9.17) is 11.6 Å². The Bertz CT molecular complexity index is 849. The van der Waals surface area contributed by atoms with Gasteiger partial charge in [0.2, 0.25) is 0 Å². The minimum Gasteiger partial charge on any atom is -0.352 e. The number of anilines is 2. The molecule has 0 aliphatic carbocycles. The lowest BCUT2D eigenvalue weighted by molar-refractivity contribution is -0.385. The van der Waals surface area contributed by atoms with Crippen LogP contribution in [0.25, 0.3) is 11.0 Å². The highest BCUT2D eigenvalue weighted by atomic mass is 35.5. The Balaban J connectivity index is 2.03. The summed E-state index contributed by atoms with van der Waals surface area (Å²) in [6.07, 6.45) is 3.12. The van der Waals surface area contributed by atoms with Crippen molar-refractivity contribution in [1.29, 1.82) is 0 Å². The molecule has 0 atom stereocenters. The molecule has 1 aromatic carbocycles. The fourth-order valence-electron chi connectivity index (χ4n) is 1.99. The minimum absolute atomic E-state index is 0.116. The molecule has 0 bridgehead atoms. The predicted octanol–water partition coefficient (Wildman–Crippen LogP) is 4.01. The molecule has 8 heteroatoms. The molecule has 6 nitrogen and oxygen atoms in total. The number of aromatic nitrogens is 2. The molecule has 0 amide bonds. The van der Waals surface area contributed by atoms with Crippen molar-refractivity contribution in [3.05, 3.63) is 57.6 Å². The van der Waals surface area contributed by atoms with E-state index in [1.165, 1.54) is 12.1 Å². The molecule has 3 rings (SSSR count). The van der Waals surface area contributed by atoms with Crippen molar-refractivity contribution < 1.29 is 9.31 Å². The van der Waals surface area contributed by atoms with Gasteiger partial charge in [0, 0.05) is 18.5 Å². The van der Waals surface area contributed by atoms with E-state index >= 15 is 0 Å². The van der Waals surface area contributed by atoms with Gasteiger partial charge in [-0.25, -0.2) is 9.37 Å². The van der Waals surface area contributed by atoms with Crippen LogP contribution in [0.5, 0.6) is 0 Å². The van der Waals surface area contributed by atoms with Crippen molar-refractivity contribution in [3.8, 4) is 0 Å². The third kappa shape index (κ3) is 2.38. The molecule has 2 N–H and O–H groups in total. The summed E-state index contributed by atoms with van der Waals surface area (Å²) < 4.78 is 13.9. The number of nitro benzene ring substituents is 1. The molecule has 0 aliphatic heterocycles. The third-order valence-electron chi connectivity index (χ3n) is 2.96. The average Bonchev–Trinajstić information content (AvgIpc) is 2.83. The largest absolute Gasteiger partial charge is 0.352 e. The molecule has 0 spiro atoms. The van der Waals surface area contributed by atoms with E-state index in [0.717, 1.165) is 6.07 Å². The number of hydrogen-bond acceptors (Lipinski definition) is 4. The molecule has 106 valence electrons. The van der Waals surface area contributed by atoms with Crippen LogP contribution in [-0.4, -0.2) is 14.9 Å². The summed E-state index contributed by atoms with van der Waals surface area (Å²) in [6.45, 7) is 0. The van der Waals surface area contributed by atoms with Crippen LogP contribution in [-0.2, 0) is 0 Å². The summed E-state index contributed by atoms with van der Waals surface area (Å²) in [5.41, 5.74) is 0.925. The van der Waals surface area contributed by atoms with E-state index in [0.29, 0.717) is 21.7 Å². The van der Waals surface area contributed by atoms with Gasteiger partial charge in [0.05, 0.1) is 32.8 Å². The molecule has 0 saturated heterocycles. The van der Waals surface area contributed by atoms with Gasteiger partial charge in [0.15, 0.2) is 5.82 Å². The molecular weight excluding hydrogens is 299 g/mol. The first-order valence-electron chi connectivity index (χ1n) is 5.89. The van der Waals surface area contributed by atoms with Crippen molar-refractivity contribution in [3.63, 3.8) is 0 Å². The van der Waals surface area contributed by atoms with Crippen LogP contribution < -0.4 is 5.32 Å². The van der Waals surface area contributed by atoms with E-state index in [-0.39, 0.29) is 11.4 Å². The molecule has 3 aromatic rings. The fourth-order valence-corrected chi connectivity index (χ4v) is 2.23. The zero-order chi connectivity index (χ0) is 15.0. The fraction of sp³-hybridized carbons (Fsp3) is 0. The zero-order valence-corrected chi connectivity index (χ0v) is 11.2. The highest BCUT2D eigenvalue weighted by Gasteiger charge is 2.13. The van der Waals surface area contributed by atoms with Gasteiger partial charge in [-0.05, 0) is 12.1 Å². The molecular formula is C13H8ClFN4O2. The number of benzene rings is 1. The van der Waals surface area contributed by atoms with E-state index < -0.39 is 10.7 Å². The summed E-state index contributed by atoms with van der Waals surface area (Å²) in [6, 6.07) is 5.03. The maximum Gasteiger partial charge on any atom is 0.272 e. The first-order valence-corrected chi connectivity index (χ1v) is 6.26. The number of nitrogens with zero attached hydrogens (tertiary/aromatic N) is 2. The summed E-state index contributed by atoms with van der Waals surface area (Å²) in [4.78, 5) is 16.9. The highest BCUT2D eigenvalue weighted by molar-refractivity contribution is 6.36. The van der Waals surface area contributed by atoms with Crippen LogP contribution in [0.15, 0.2) is 36.7 Å². The van der Waals surface area contributed by atoms with Gasteiger partial charge in [-0.1, -0.05) is 11.6 Å². The number of rotatable bonds is 3. The minimum atomic E-state index is -0.721. The number of nitrogens with one attached hydrogen (secondary N) is 2. The van der Waals surface area contributed by atoms with Crippen LogP contribution in [0, 0.1) is 15.9 Å². The standard InChI is InChI=1S/C13H8ClFN4O2/c14-8-6-17-13-12(8)11(3-4-16-13)18-10-2-1-7(19(20)21)5-9(10)15/h1-6H,(H2,16,17,18). The number of non-ortho nitro benzene ring substituents is 1. The van der Waals surface area contributed by atoms with Gasteiger partial charge in [-0.3, -0.25) is 10.1 Å². The Hall–Kier alpha value is -2.67. The topological polar surface area (TPSA) is 83.8 Å². The second kappa shape index (κ2) is 5.02. The van der Waals surface area contributed by atoms with Crippen LogP contribution >= 0.6 is 11.6 Å². The Kier molecular flexibility index (Phi) is 3.19. The molecule has 2 aromatic heterocycles. The van der Waals surface area contributed by atoms with Crippen LogP contribution in [0.2, 0.25) is 5.02 Å². The predicted molar refractivity (Wildman–Crippen MR) is 77.4 cm³/mol. The van der Waals surface area contributed by atoms with Crippen molar-refractivity contribution in [1.82, 2.24) is 9.97 Å². The van der Waals surface area contributed by atoms with Crippen LogP contribution in [0.4, 0.5) is 21.5 Å². The van der Waals surface area contributed by atoms with Crippen molar-refractivity contribution in [2.24, 2.45) is 0 Å². The smallest absolute Gasteiger partial charge is 0.272 e. The van der Waals surface area contributed by atoms with Crippen LogP contribution in [0.1, 0.15) is 0 Å². The van der Waals surface area contributed by atoms with Crippen molar-refractivity contribution in [2.75, 3.05) is 5.32 Å². The lowest BCUT2D eigenvalue weighted by atomic mass is 10.2. The number of H-pyrrole nitrogens is 1. The molecule has 0 fully saturated rings. The Morgan fingerprint density at radius 2 is 2.14 bits per heavy atom. The third-order valence-corrected chi connectivity index (χ3v) is 3.26. The first-order chi connectivity index (χ1) is 10.1. The lowest BCUT2D eigenvalue weighted by Gasteiger charge is -2.08. The van der Waals surface area contributed by atoms with Gasteiger partial charge in [0.1, 0.15) is 5.65 Å². The molecule has 0 radical (unpaired) electrons. The maximum absolute atomic E-state index is 13.9. The second-order valence-corrected chi connectivity index (χ2v) is 4.67. The number of hydrogen-bond donors (Lipinski definition) is 2. The van der Waals surface area contributed by atoms with Gasteiger partial charge < -0.3 is 10.3 Å². The van der Waals surface area contributed by atoms with E-state index in [1.807, 2.05) is 0 Å². The number of nitro groups is 1. The average molecular weight is 307 g/mol. The second-order valence-electron chi connectivity index (χ2n) is 4.26. The zero-order valence-electron chi connectivity index (χ0n) is 10.4. The molecule has 0 saturated carbocycles. The summed E-state index contributed by atoms with van der Waals surface area (Å²) in [5, 5.41) is 14.5. The first kappa shape index (κ1) is 13.3. The van der Waals surface area contributed by atoms with Crippen molar-refractivity contribution in [2.45, 2.75) is 0 Å². The van der Waals surface area contributed by atoms with Gasteiger partial charge in [-0.2, -0.15) is 0 Å². The van der Waals surface area contributed by atoms with E-state index in [1.54, 1.807) is 18.5 Å². The number of fused-ring (bicyclic) bond motifs is 1. The van der Waals surface area contributed by atoms with Crippen molar-refractivity contribution >= 4 is 39.7 Å². The normalized spacial score (nSPS) is 10.8. The summed E-state index contributed by atoms with van der Waals surface area (Å²) in [5.74, 6) is -0.721. The highest BCUT2D eigenvalue weighted by Crippen LogP contribution is 2.32.